The molecule has 2 rings (SSSR count). The van der Waals surface area contributed by atoms with Crippen LogP contribution < -0.4 is 0 Å². The van der Waals surface area contributed by atoms with Gasteiger partial charge in [-0.25, -0.2) is 0 Å². The third-order valence-corrected chi connectivity index (χ3v) is 5.74. The fraction of sp³-hybridized carbons (Fsp3) is 0.571. The van der Waals surface area contributed by atoms with Gasteiger partial charge in [-0.2, -0.15) is 0 Å². The van der Waals surface area contributed by atoms with E-state index >= 15 is 0 Å². The minimum absolute atomic E-state index is 0.476. The van der Waals surface area contributed by atoms with Crippen molar-refractivity contribution in [3.63, 3.8) is 0 Å². The SMILES string of the molecule is CC(C)c1cccc(C(C)C)c1[N-]CC[OH+]CC[N-]c1c(C(C)C)cccc1C(C)C.[Cl][Zr][Cl]. The van der Waals surface area contributed by atoms with Gasteiger partial charge in [0.2, 0.25) is 0 Å². The molecule has 1 N–H and O–H groups in total. The minimum atomic E-state index is -0.826. The summed E-state index contributed by atoms with van der Waals surface area (Å²) < 4.78 is 4.71. The average molecular weight is 586 g/mol. The van der Waals surface area contributed by atoms with Crippen molar-refractivity contribution < 1.29 is 25.6 Å². The zero-order valence-electron chi connectivity index (χ0n) is 22.2. The summed E-state index contributed by atoms with van der Waals surface area (Å²) in [5, 5.41) is 9.91. The van der Waals surface area contributed by atoms with Gasteiger partial charge in [0, 0.05) is 0 Å². The van der Waals surface area contributed by atoms with E-state index in [-0.39, 0.29) is 0 Å². The van der Waals surface area contributed by atoms with Crippen molar-refractivity contribution in [3.8, 4) is 0 Å². The molecule has 0 amide bonds. The zero-order chi connectivity index (χ0) is 25.7. The summed E-state index contributed by atoms with van der Waals surface area (Å²) in [6, 6.07) is 13.2. The van der Waals surface area contributed by atoms with Crippen LogP contribution in [-0.4, -0.2) is 31.0 Å². The van der Waals surface area contributed by atoms with Crippen LogP contribution in [0.25, 0.3) is 10.6 Å². The first-order valence-corrected chi connectivity index (χ1v) is 18.7. The van der Waals surface area contributed by atoms with Gasteiger partial charge in [-0.3, -0.25) is 0 Å². The Kier molecular flexibility index (Phi) is 15.8. The summed E-state index contributed by atoms with van der Waals surface area (Å²) in [5.41, 5.74) is 7.72. The zero-order valence-corrected chi connectivity index (χ0v) is 26.2. The van der Waals surface area contributed by atoms with Gasteiger partial charge in [-0.1, -0.05) is 127 Å². The average Bonchev–Trinajstić information content (AvgIpc) is 2.78. The molecule has 0 aliphatic carbocycles. The van der Waals surface area contributed by atoms with Crippen LogP contribution in [0.1, 0.15) is 101 Å². The Morgan fingerprint density at radius 3 is 1.12 bits per heavy atom. The third kappa shape index (κ3) is 10.2. The van der Waals surface area contributed by atoms with Crippen molar-refractivity contribution in [1.82, 2.24) is 0 Å². The number of ether oxygens (including phenoxy) is 1. The van der Waals surface area contributed by atoms with Crippen molar-refractivity contribution in [1.29, 1.82) is 0 Å². The van der Waals surface area contributed by atoms with Crippen molar-refractivity contribution in [2.24, 2.45) is 0 Å². The van der Waals surface area contributed by atoms with Crippen LogP contribution in [0.4, 0.5) is 11.4 Å². The quantitative estimate of drug-likeness (QED) is 0.176. The molecule has 0 bridgehead atoms. The van der Waals surface area contributed by atoms with Gasteiger partial charge >= 0.3 is 37.9 Å². The van der Waals surface area contributed by atoms with Gasteiger partial charge in [-0.15, -0.1) is 11.4 Å². The normalized spacial score (nSPS) is 11.1. The van der Waals surface area contributed by atoms with Gasteiger partial charge in [0.1, 0.15) is 13.2 Å². The second-order valence-electron chi connectivity index (χ2n) is 9.69. The summed E-state index contributed by atoms with van der Waals surface area (Å²) in [6.07, 6.45) is 0. The molecule has 6 heteroatoms. The van der Waals surface area contributed by atoms with Crippen LogP contribution in [0, 0.1) is 0 Å². The molecule has 0 radical (unpaired) electrons. The predicted octanol–water partition coefficient (Wildman–Crippen LogP) is 9.80. The maximum atomic E-state index is 4.95. The molecule has 0 aromatic heterocycles. The molecule has 3 nitrogen and oxygen atoms in total. The number of hydrogen-bond donors (Lipinski definition) is 0. The van der Waals surface area contributed by atoms with Gasteiger partial charge < -0.3 is 15.4 Å². The standard InChI is InChI=1S/C28H42N2O.2ClH.Zr/c1-19(2)23-11-9-12-24(20(3)4)27(23)29-15-17-31-18-16-30-28-25(21(5)6)13-10-14-26(28)22(7)8;;;/h9-14,19-22H,15-18H2,1-8H3;2*1H;/q-2;;;+2/p-1. The molecule has 0 fully saturated rings. The van der Waals surface area contributed by atoms with Gasteiger partial charge in [-0.05, 0) is 23.7 Å². The Labute approximate surface area is 227 Å². The molecule has 190 valence electrons. The van der Waals surface area contributed by atoms with E-state index in [9.17, 15) is 0 Å². The van der Waals surface area contributed by atoms with Crippen molar-refractivity contribution in [2.75, 3.05) is 26.3 Å². The second-order valence-corrected chi connectivity index (χ2v) is 13.4. The fourth-order valence-electron chi connectivity index (χ4n) is 3.97. The third-order valence-electron chi connectivity index (χ3n) is 5.74. The molecule has 0 saturated heterocycles. The number of aliphatic hydroxyl groups is 2. The van der Waals surface area contributed by atoms with Crippen LogP contribution in [0.15, 0.2) is 36.4 Å². The number of hydrogen-bond acceptors (Lipinski definition) is 0. The van der Waals surface area contributed by atoms with Crippen LogP contribution >= 0.6 is 17.0 Å². The Balaban J connectivity index is 0.00000182. The van der Waals surface area contributed by atoms with E-state index in [2.05, 4.69) is 91.8 Å². The summed E-state index contributed by atoms with van der Waals surface area (Å²) in [4.78, 5) is 0. The van der Waals surface area contributed by atoms with E-state index in [1.54, 1.807) is 0 Å². The fourth-order valence-corrected chi connectivity index (χ4v) is 3.97. The molecule has 2 aromatic carbocycles. The topological polar surface area (TPSA) is 41.0 Å². The van der Waals surface area contributed by atoms with Gasteiger partial charge in [0.05, 0.1) is 0 Å². The number of rotatable bonds is 12. The molecule has 34 heavy (non-hydrogen) atoms. The first kappa shape index (κ1) is 31.5. The summed E-state index contributed by atoms with van der Waals surface area (Å²) in [7, 11) is 9.87. The van der Waals surface area contributed by atoms with Crippen LogP contribution in [0.2, 0.25) is 0 Å². The number of halogens is 2. The molecule has 0 saturated carbocycles. The Morgan fingerprint density at radius 1 is 0.618 bits per heavy atom. The number of nitrogens with zero attached hydrogens (tertiary/aromatic N) is 2. The Bertz CT molecular complexity index is 721. The first-order chi connectivity index (χ1) is 16.1. The van der Waals surface area contributed by atoms with Crippen LogP contribution in [-0.2, 0) is 20.8 Å². The maximum absolute atomic E-state index is 4.95. The number of para-hydroxylation sites is 2. The molecule has 0 heterocycles. The van der Waals surface area contributed by atoms with E-state index in [1.807, 2.05) is 0 Å². The van der Waals surface area contributed by atoms with Crippen LogP contribution in [0.5, 0.6) is 0 Å². The molecular weight excluding hydrogens is 542 g/mol. The van der Waals surface area contributed by atoms with Crippen molar-refractivity contribution in [2.45, 2.75) is 79.1 Å². The second kappa shape index (κ2) is 17.0. The van der Waals surface area contributed by atoms with E-state index < -0.39 is 20.8 Å². The molecule has 0 unspecified atom stereocenters. The summed E-state index contributed by atoms with van der Waals surface area (Å²) in [5.74, 6) is 1.91. The first-order valence-electron chi connectivity index (χ1n) is 12.4. The molecule has 0 aliphatic heterocycles. The van der Waals surface area contributed by atoms with E-state index in [0.29, 0.717) is 23.7 Å². The van der Waals surface area contributed by atoms with Crippen molar-refractivity contribution >= 4 is 28.4 Å². The van der Waals surface area contributed by atoms with Crippen molar-refractivity contribution in [3.05, 3.63) is 69.3 Å². The van der Waals surface area contributed by atoms with Gasteiger partial charge in [0.25, 0.3) is 0 Å². The van der Waals surface area contributed by atoms with E-state index in [4.69, 9.17) is 32.4 Å². The summed E-state index contributed by atoms with van der Waals surface area (Å²) in [6.45, 7) is 20.9. The molecule has 2 aromatic rings. The number of benzene rings is 2. The molecule has 0 atom stereocenters. The van der Waals surface area contributed by atoms with E-state index in [1.165, 1.54) is 33.6 Å². The summed E-state index contributed by atoms with van der Waals surface area (Å²) >= 11 is -0.826. The molecular formula is C28H43Cl2N2OZr-. The Hall–Kier alpha value is -0.537. The van der Waals surface area contributed by atoms with Gasteiger partial charge in [0.15, 0.2) is 0 Å². The van der Waals surface area contributed by atoms with E-state index in [0.717, 1.165) is 26.3 Å². The molecule has 0 spiro atoms. The Morgan fingerprint density at radius 2 is 0.882 bits per heavy atom. The van der Waals surface area contributed by atoms with Crippen LogP contribution in [0.3, 0.4) is 0 Å². The monoisotopic (exact) mass is 583 g/mol. The predicted molar refractivity (Wildman–Crippen MR) is 149 cm³/mol. The molecule has 0 aliphatic rings.